The second kappa shape index (κ2) is 2.89. The van der Waals surface area contributed by atoms with Gasteiger partial charge in [0, 0.05) is 10.7 Å². The summed E-state index contributed by atoms with van der Waals surface area (Å²) in [5.74, 6) is 0. The third-order valence-corrected chi connectivity index (χ3v) is 3.91. The van der Waals surface area contributed by atoms with Gasteiger partial charge in [0.1, 0.15) is 0 Å². The third-order valence-electron chi connectivity index (χ3n) is 1.93. The summed E-state index contributed by atoms with van der Waals surface area (Å²) in [6.07, 6.45) is 2.04. The van der Waals surface area contributed by atoms with Gasteiger partial charge in [0.25, 0.3) is 0 Å². The first kappa shape index (κ1) is 8.32. The van der Waals surface area contributed by atoms with Crippen molar-refractivity contribution in [1.29, 1.82) is 0 Å². The minimum Gasteiger partial charge on any atom is -0.310 e. The Bertz CT molecular complexity index is 392. The largest absolute Gasteiger partial charge is 0.310 e. The van der Waals surface area contributed by atoms with E-state index in [1.54, 1.807) is 0 Å². The lowest BCUT2D eigenvalue weighted by molar-refractivity contribution is 1.15. The van der Waals surface area contributed by atoms with Gasteiger partial charge in [-0.15, -0.1) is 0 Å². The van der Waals surface area contributed by atoms with Gasteiger partial charge >= 0.3 is 0 Å². The van der Waals surface area contributed by atoms with Gasteiger partial charge in [-0.2, -0.15) is 0 Å². The zero-order valence-electron chi connectivity index (χ0n) is 6.51. The Balaban J connectivity index is 2.99. The Morgan fingerprint density at radius 1 is 1.25 bits per heavy atom. The van der Waals surface area contributed by atoms with Crippen LogP contribution in [-0.4, -0.2) is 4.40 Å². The highest BCUT2D eigenvalue weighted by molar-refractivity contribution is 9.11. The average molecular weight is 289 g/mol. The summed E-state index contributed by atoms with van der Waals surface area (Å²) < 4.78 is 4.39. The van der Waals surface area contributed by atoms with E-state index >= 15 is 0 Å². The maximum Gasteiger partial charge on any atom is 0.0933 e. The van der Waals surface area contributed by atoms with E-state index in [9.17, 15) is 0 Å². The third kappa shape index (κ3) is 1.04. The number of halogens is 2. The molecule has 0 saturated carbocycles. The molecule has 0 N–H and O–H groups in total. The van der Waals surface area contributed by atoms with E-state index in [1.807, 2.05) is 18.3 Å². The Morgan fingerprint density at radius 2 is 2.00 bits per heavy atom. The number of fused-ring (bicyclic) bond motifs is 1. The second-order valence-corrected chi connectivity index (χ2v) is 4.23. The van der Waals surface area contributed by atoms with Gasteiger partial charge in [0.05, 0.1) is 10.1 Å². The minimum absolute atomic E-state index is 1.12. The molecule has 0 unspecified atom stereocenters. The molecule has 0 fully saturated rings. The van der Waals surface area contributed by atoms with Crippen molar-refractivity contribution in [3.05, 3.63) is 39.0 Å². The predicted molar refractivity (Wildman–Crippen MR) is 57.5 cm³/mol. The monoisotopic (exact) mass is 287 g/mol. The molecule has 0 bridgehead atoms. The Hall–Kier alpha value is -0.280. The van der Waals surface area contributed by atoms with Crippen LogP contribution in [0.5, 0.6) is 0 Å². The van der Waals surface area contributed by atoms with Gasteiger partial charge < -0.3 is 4.40 Å². The molecule has 0 atom stereocenters. The molecule has 2 aromatic heterocycles. The molecule has 3 heteroatoms. The highest BCUT2D eigenvalue weighted by Gasteiger charge is 2.08. The molecule has 2 heterocycles. The normalized spacial score (nSPS) is 10.9. The van der Waals surface area contributed by atoms with E-state index in [1.165, 1.54) is 11.1 Å². The molecule has 0 aliphatic rings. The molecule has 0 saturated heterocycles. The Kier molecular flexibility index (Phi) is 2.00. The number of pyridine rings is 1. The fourth-order valence-electron chi connectivity index (χ4n) is 1.26. The second-order valence-electron chi connectivity index (χ2n) is 2.69. The maximum absolute atomic E-state index is 3.55. The fraction of sp³-hybridized carbons (Fsp3) is 0.111. The van der Waals surface area contributed by atoms with Gasteiger partial charge in [-0.05, 0) is 56.5 Å². The highest BCUT2D eigenvalue weighted by Crippen LogP contribution is 2.31. The molecule has 2 rings (SSSR count). The summed E-state index contributed by atoms with van der Waals surface area (Å²) in [4.78, 5) is 0. The first-order chi connectivity index (χ1) is 5.72. The molecule has 12 heavy (non-hydrogen) atoms. The molecule has 0 aliphatic heterocycles. The maximum atomic E-state index is 3.55. The van der Waals surface area contributed by atoms with Crippen LogP contribution in [0.2, 0.25) is 0 Å². The summed E-state index contributed by atoms with van der Waals surface area (Å²) in [6.45, 7) is 2.08. The van der Waals surface area contributed by atoms with Crippen LogP contribution >= 0.6 is 31.9 Å². The number of hydrogen-bond acceptors (Lipinski definition) is 0. The molecular weight excluding hydrogens is 282 g/mol. The minimum atomic E-state index is 1.12. The van der Waals surface area contributed by atoms with Crippen LogP contribution in [0.15, 0.2) is 33.5 Å². The fourth-order valence-corrected chi connectivity index (χ4v) is 2.54. The van der Waals surface area contributed by atoms with Crippen LogP contribution in [0, 0.1) is 6.92 Å². The summed E-state index contributed by atoms with van der Waals surface area (Å²) in [6, 6.07) is 6.14. The van der Waals surface area contributed by atoms with E-state index in [0.29, 0.717) is 0 Å². The lowest BCUT2D eigenvalue weighted by atomic mass is 10.3. The lowest BCUT2D eigenvalue weighted by Gasteiger charge is -1.93. The van der Waals surface area contributed by atoms with Crippen molar-refractivity contribution in [2.24, 2.45) is 0 Å². The van der Waals surface area contributed by atoms with Crippen molar-refractivity contribution >= 4 is 37.4 Å². The number of aromatic nitrogens is 1. The smallest absolute Gasteiger partial charge is 0.0933 e. The van der Waals surface area contributed by atoms with Crippen molar-refractivity contribution in [3.63, 3.8) is 0 Å². The van der Waals surface area contributed by atoms with Gasteiger partial charge in [-0.25, -0.2) is 0 Å². The Morgan fingerprint density at radius 3 is 2.67 bits per heavy atom. The van der Waals surface area contributed by atoms with E-state index in [4.69, 9.17) is 0 Å². The molecule has 0 radical (unpaired) electrons. The zero-order chi connectivity index (χ0) is 8.72. The van der Waals surface area contributed by atoms with Crippen molar-refractivity contribution in [2.45, 2.75) is 6.92 Å². The van der Waals surface area contributed by atoms with Crippen molar-refractivity contribution in [1.82, 2.24) is 4.40 Å². The van der Waals surface area contributed by atoms with Gasteiger partial charge in [-0.1, -0.05) is 6.07 Å². The van der Waals surface area contributed by atoms with E-state index in [2.05, 4.69) is 49.3 Å². The lowest BCUT2D eigenvalue weighted by Crippen LogP contribution is -1.80. The van der Waals surface area contributed by atoms with Crippen LogP contribution in [0.3, 0.4) is 0 Å². The highest BCUT2D eigenvalue weighted by atomic mass is 79.9. The van der Waals surface area contributed by atoms with Crippen LogP contribution in [0.4, 0.5) is 0 Å². The standard InChI is InChI=1S/C9H7Br2N/c1-6-8(10)7-4-2-3-5-12(7)9(6)11/h2-5H,1H3. The van der Waals surface area contributed by atoms with Crippen molar-refractivity contribution in [2.75, 3.05) is 0 Å². The molecule has 0 spiro atoms. The molecular formula is C9H7Br2N. The van der Waals surface area contributed by atoms with Crippen LogP contribution in [0.1, 0.15) is 5.56 Å². The topological polar surface area (TPSA) is 4.41 Å². The van der Waals surface area contributed by atoms with Crippen LogP contribution in [0.25, 0.3) is 5.52 Å². The number of rotatable bonds is 0. The molecule has 0 amide bonds. The van der Waals surface area contributed by atoms with Crippen molar-refractivity contribution in [3.8, 4) is 0 Å². The quantitative estimate of drug-likeness (QED) is 0.695. The first-order valence-electron chi connectivity index (χ1n) is 3.62. The predicted octanol–water partition coefficient (Wildman–Crippen LogP) is 3.77. The number of nitrogens with zero attached hydrogens (tertiary/aromatic N) is 1. The van der Waals surface area contributed by atoms with E-state index < -0.39 is 0 Å². The molecule has 1 nitrogen and oxygen atoms in total. The number of hydrogen-bond donors (Lipinski definition) is 0. The molecule has 2 aromatic rings. The van der Waals surface area contributed by atoms with Crippen molar-refractivity contribution < 1.29 is 0 Å². The molecule has 0 aromatic carbocycles. The van der Waals surface area contributed by atoms with Gasteiger partial charge in [0.15, 0.2) is 0 Å². The SMILES string of the molecule is Cc1c(Br)c2ccccn2c1Br. The van der Waals surface area contributed by atoms with E-state index in [0.717, 1.165) is 9.08 Å². The summed E-state index contributed by atoms with van der Waals surface area (Å²) in [5.41, 5.74) is 2.43. The summed E-state index contributed by atoms with van der Waals surface area (Å²) in [5, 5.41) is 0. The summed E-state index contributed by atoms with van der Waals surface area (Å²) in [7, 11) is 0. The average Bonchev–Trinajstić information content (AvgIpc) is 2.33. The molecule has 0 aliphatic carbocycles. The van der Waals surface area contributed by atoms with Crippen LogP contribution in [-0.2, 0) is 0 Å². The molecule has 62 valence electrons. The summed E-state index contributed by atoms with van der Waals surface area (Å²) >= 11 is 7.09. The van der Waals surface area contributed by atoms with Crippen LogP contribution < -0.4 is 0 Å². The van der Waals surface area contributed by atoms with Gasteiger partial charge in [-0.3, -0.25) is 0 Å². The zero-order valence-corrected chi connectivity index (χ0v) is 9.68. The van der Waals surface area contributed by atoms with Gasteiger partial charge in [0.2, 0.25) is 0 Å². The first-order valence-corrected chi connectivity index (χ1v) is 5.21. The Labute approximate surface area is 87.6 Å². The van der Waals surface area contributed by atoms with E-state index in [-0.39, 0.29) is 0 Å².